The number of rotatable bonds is 4. The quantitative estimate of drug-likeness (QED) is 0.749. The van der Waals surface area contributed by atoms with E-state index in [-0.39, 0.29) is 23.2 Å². The number of aliphatic hydroxyl groups excluding tert-OH is 1. The highest BCUT2D eigenvalue weighted by Crippen LogP contribution is 2.33. The van der Waals surface area contributed by atoms with Gasteiger partial charge in [0.05, 0.1) is 24.8 Å². The zero-order valence-electron chi connectivity index (χ0n) is 12.5. The lowest BCUT2D eigenvalue weighted by atomic mass is 9.89. The zero-order valence-corrected chi connectivity index (χ0v) is 14.1. The van der Waals surface area contributed by atoms with Crippen molar-refractivity contribution in [3.05, 3.63) is 22.2 Å². The SMILES string of the molecule is COc1cc(Br)cc(C(=O)N[C@@H]2CCC[C@@H](OC)[C@@H]2O)c1O. The van der Waals surface area contributed by atoms with E-state index in [2.05, 4.69) is 21.2 Å². The van der Waals surface area contributed by atoms with Crippen molar-refractivity contribution in [3.63, 3.8) is 0 Å². The number of aromatic hydroxyl groups is 1. The molecule has 1 aliphatic rings. The van der Waals surface area contributed by atoms with E-state index in [0.717, 1.165) is 12.8 Å². The third-order valence-corrected chi connectivity index (χ3v) is 4.38. The van der Waals surface area contributed by atoms with E-state index in [9.17, 15) is 15.0 Å². The third kappa shape index (κ3) is 3.53. The summed E-state index contributed by atoms with van der Waals surface area (Å²) in [6.45, 7) is 0. The van der Waals surface area contributed by atoms with Crippen molar-refractivity contribution >= 4 is 21.8 Å². The van der Waals surface area contributed by atoms with Crippen molar-refractivity contribution in [2.75, 3.05) is 14.2 Å². The minimum absolute atomic E-state index is 0.0953. The highest BCUT2D eigenvalue weighted by molar-refractivity contribution is 9.10. The number of benzene rings is 1. The van der Waals surface area contributed by atoms with Gasteiger partial charge in [-0.25, -0.2) is 0 Å². The third-order valence-electron chi connectivity index (χ3n) is 3.92. The second-order valence-corrected chi connectivity index (χ2v) is 6.20. The fourth-order valence-electron chi connectivity index (χ4n) is 2.70. The maximum Gasteiger partial charge on any atom is 0.255 e. The summed E-state index contributed by atoms with van der Waals surface area (Å²) in [6, 6.07) is 2.68. The van der Waals surface area contributed by atoms with Gasteiger partial charge in [-0.15, -0.1) is 0 Å². The Kier molecular flexibility index (Phi) is 5.66. The summed E-state index contributed by atoms with van der Waals surface area (Å²) in [7, 11) is 2.96. The molecule has 0 unspecified atom stereocenters. The molecular weight excluding hydrogens is 354 g/mol. The number of phenolic OH excluding ortho intramolecular Hbond substituents is 1. The van der Waals surface area contributed by atoms with Crippen LogP contribution >= 0.6 is 15.9 Å². The number of halogens is 1. The summed E-state index contributed by atoms with van der Waals surface area (Å²) in [5.74, 6) is -0.479. The van der Waals surface area contributed by atoms with Gasteiger partial charge < -0.3 is 25.0 Å². The molecule has 1 aromatic carbocycles. The Morgan fingerprint density at radius 3 is 2.73 bits per heavy atom. The largest absolute Gasteiger partial charge is 0.504 e. The van der Waals surface area contributed by atoms with Gasteiger partial charge in [-0.05, 0) is 31.4 Å². The van der Waals surface area contributed by atoms with E-state index >= 15 is 0 Å². The van der Waals surface area contributed by atoms with Crippen LogP contribution in [0.25, 0.3) is 0 Å². The number of aliphatic hydroxyl groups is 1. The molecule has 0 saturated heterocycles. The van der Waals surface area contributed by atoms with Gasteiger partial charge in [-0.1, -0.05) is 15.9 Å². The number of carbonyl (C=O) groups excluding carboxylic acids is 1. The molecule has 3 atom stereocenters. The van der Waals surface area contributed by atoms with Crippen LogP contribution in [-0.4, -0.2) is 48.6 Å². The summed E-state index contributed by atoms with van der Waals surface area (Å²) in [5.41, 5.74) is 0.0953. The highest BCUT2D eigenvalue weighted by Gasteiger charge is 2.33. The first-order valence-electron chi connectivity index (χ1n) is 7.06. The number of ether oxygens (including phenoxy) is 2. The fraction of sp³-hybridized carbons (Fsp3) is 0.533. The van der Waals surface area contributed by atoms with E-state index in [0.29, 0.717) is 10.9 Å². The zero-order chi connectivity index (χ0) is 16.3. The number of phenols is 1. The molecule has 0 aliphatic heterocycles. The average Bonchev–Trinajstić information content (AvgIpc) is 2.51. The van der Waals surface area contributed by atoms with Crippen molar-refractivity contribution in [2.24, 2.45) is 0 Å². The van der Waals surface area contributed by atoms with Gasteiger partial charge in [-0.3, -0.25) is 4.79 Å². The molecule has 0 aromatic heterocycles. The van der Waals surface area contributed by atoms with E-state index in [1.54, 1.807) is 13.2 Å². The van der Waals surface area contributed by atoms with Crippen LogP contribution in [0.15, 0.2) is 16.6 Å². The Balaban J connectivity index is 2.17. The van der Waals surface area contributed by atoms with Crippen molar-refractivity contribution in [2.45, 2.75) is 37.5 Å². The lowest BCUT2D eigenvalue weighted by Crippen LogP contribution is -2.51. The number of carbonyl (C=O) groups is 1. The molecule has 2 rings (SSSR count). The Morgan fingerprint density at radius 2 is 2.09 bits per heavy atom. The van der Waals surface area contributed by atoms with Crippen LogP contribution in [0.5, 0.6) is 11.5 Å². The van der Waals surface area contributed by atoms with Crippen molar-refractivity contribution in [3.8, 4) is 11.5 Å². The summed E-state index contributed by atoms with van der Waals surface area (Å²) < 4.78 is 10.9. The number of hydrogen-bond donors (Lipinski definition) is 3. The molecular formula is C15H20BrNO5. The smallest absolute Gasteiger partial charge is 0.255 e. The summed E-state index contributed by atoms with van der Waals surface area (Å²) in [6.07, 6.45) is 1.23. The Bertz CT molecular complexity index is 551. The van der Waals surface area contributed by atoms with E-state index in [4.69, 9.17) is 9.47 Å². The van der Waals surface area contributed by atoms with Crippen LogP contribution in [0.3, 0.4) is 0 Å². The number of hydrogen-bond acceptors (Lipinski definition) is 5. The van der Waals surface area contributed by atoms with Gasteiger partial charge in [0.1, 0.15) is 6.10 Å². The summed E-state index contributed by atoms with van der Waals surface area (Å²) in [4.78, 5) is 12.4. The Labute approximate surface area is 137 Å². The number of methoxy groups -OCH3 is 2. The molecule has 6 nitrogen and oxygen atoms in total. The van der Waals surface area contributed by atoms with Crippen molar-refractivity contribution < 1.29 is 24.5 Å². The van der Waals surface area contributed by atoms with Gasteiger partial charge in [0, 0.05) is 11.6 Å². The predicted molar refractivity (Wildman–Crippen MR) is 84.3 cm³/mol. The molecule has 0 spiro atoms. The van der Waals surface area contributed by atoms with Crippen LogP contribution in [0.2, 0.25) is 0 Å². The molecule has 7 heteroatoms. The standard InChI is InChI=1S/C15H20BrNO5/c1-21-11-5-3-4-10(14(11)19)17-15(20)9-6-8(16)7-12(22-2)13(9)18/h6-7,10-11,14,18-19H,3-5H2,1-2H3,(H,17,20)/t10-,11-,14-/m1/s1. The molecule has 0 heterocycles. The van der Waals surface area contributed by atoms with Crippen LogP contribution in [0, 0.1) is 0 Å². The normalized spacial score (nSPS) is 24.8. The maximum absolute atomic E-state index is 12.4. The van der Waals surface area contributed by atoms with Gasteiger partial charge in [0.2, 0.25) is 0 Å². The lowest BCUT2D eigenvalue weighted by Gasteiger charge is -2.34. The maximum atomic E-state index is 12.4. The molecule has 22 heavy (non-hydrogen) atoms. The van der Waals surface area contributed by atoms with Crippen LogP contribution in [0.1, 0.15) is 29.6 Å². The summed E-state index contributed by atoms with van der Waals surface area (Å²) >= 11 is 3.27. The molecule has 1 aromatic rings. The van der Waals surface area contributed by atoms with Crippen LogP contribution < -0.4 is 10.1 Å². The molecule has 1 saturated carbocycles. The Morgan fingerprint density at radius 1 is 1.36 bits per heavy atom. The molecule has 1 fully saturated rings. The molecule has 0 bridgehead atoms. The van der Waals surface area contributed by atoms with Gasteiger partial charge in [0.25, 0.3) is 5.91 Å². The first-order valence-corrected chi connectivity index (χ1v) is 7.85. The number of amides is 1. The molecule has 1 amide bonds. The lowest BCUT2D eigenvalue weighted by molar-refractivity contribution is -0.0513. The van der Waals surface area contributed by atoms with Crippen molar-refractivity contribution in [1.82, 2.24) is 5.32 Å². The van der Waals surface area contributed by atoms with E-state index < -0.39 is 18.1 Å². The number of nitrogens with one attached hydrogen (secondary N) is 1. The second-order valence-electron chi connectivity index (χ2n) is 5.28. The molecule has 122 valence electrons. The molecule has 3 N–H and O–H groups in total. The minimum atomic E-state index is -0.765. The highest BCUT2D eigenvalue weighted by atomic mass is 79.9. The molecule has 1 aliphatic carbocycles. The first kappa shape index (κ1) is 17.1. The van der Waals surface area contributed by atoms with Gasteiger partial charge in [0.15, 0.2) is 11.5 Å². The van der Waals surface area contributed by atoms with Crippen molar-refractivity contribution in [1.29, 1.82) is 0 Å². The first-order chi connectivity index (χ1) is 10.5. The van der Waals surface area contributed by atoms with Crippen LogP contribution in [-0.2, 0) is 4.74 Å². The van der Waals surface area contributed by atoms with Gasteiger partial charge in [-0.2, -0.15) is 0 Å². The topological polar surface area (TPSA) is 88.0 Å². The van der Waals surface area contributed by atoms with Crippen LogP contribution in [0.4, 0.5) is 0 Å². The summed E-state index contributed by atoms with van der Waals surface area (Å²) in [5, 5.41) is 23.1. The average molecular weight is 374 g/mol. The second kappa shape index (κ2) is 7.30. The minimum Gasteiger partial charge on any atom is -0.504 e. The van der Waals surface area contributed by atoms with E-state index in [1.165, 1.54) is 13.2 Å². The molecule has 0 radical (unpaired) electrons. The Hall–Kier alpha value is -1.31. The van der Waals surface area contributed by atoms with E-state index in [1.807, 2.05) is 0 Å². The monoisotopic (exact) mass is 373 g/mol. The van der Waals surface area contributed by atoms with Gasteiger partial charge >= 0.3 is 0 Å². The fourth-order valence-corrected chi connectivity index (χ4v) is 3.14. The predicted octanol–water partition coefficient (Wildman–Crippen LogP) is 1.82.